The third-order valence-electron chi connectivity index (χ3n) is 3.96. The van der Waals surface area contributed by atoms with Gasteiger partial charge in [0.2, 0.25) is 0 Å². The molecule has 160 valence electrons. The van der Waals surface area contributed by atoms with Crippen LogP contribution in [-0.4, -0.2) is 52.3 Å². The minimum Gasteiger partial charge on any atom is -0.479 e. The van der Waals surface area contributed by atoms with Crippen molar-refractivity contribution < 1.29 is 29.3 Å². The predicted octanol–water partition coefficient (Wildman–Crippen LogP) is 2.50. The van der Waals surface area contributed by atoms with E-state index in [9.17, 15) is 19.5 Å². The lowest BCUT2D eigenvalue weighted by Gasteiger charge is -2.24. The largest absolute Gasteiger partial charge is 0.479 e. The maximum Gasteiger partial charge on any atom is 0.398 e. The number of hydrogen-bond donors (Lipinski definition) is 3. The molecule has 3 N–H and O–H groups in total. The molecule has 0 fully saturated rings. The van der Waals surface area contributed by atoms with Crippen molar-refractivity contribution in [3.8, 4) is 11.1 Å². The summed E-state index contributed by atoms with van der Waals surface area (Å²) in [5.41, 5.74) is 4.46. The third kappa shape index (κ3) is 6.70. The van der Waals surface area contributed by atoms with Crippen molar-refractivity contribution in [3.05, 3.63) is 58.1 Å². The monoisotopic (exact) mass is 454 g/mol. The highest BCUT2D eigenvalue weighted by Gasteiger charge is 2.23. The zero-order valence-electron chi connectivity index (χ0n) is 16.0. The second-order valence-corrected chi connectivity index (χ2v) is 7.06. The molecule has 0 aliphatic carbocycles. The summed E-state index contributed by atoms with van der Waals surface area (Å²) in [6.07, 6.45) is -1.78. The topological polar surface area (TPSA) is 116 Å². The van der Waals surface area contributed by atoms with Gasteiger partial charge in [0, 0.05) is 22.2 Å². The van der Waals surface area contributed by atoms with Gasteiger partial charge in [-0.1, -0.05) is 47.5 Å². The Balaban J connectivity index is 2.20. The molecule has 2 aromatic rings. The number of carbonyl (C=O) groups excluding carboxylic acids is 2. The molecule has 0 heterocycles. The first kappa shape index (κ1) is 23.6. The average molecular weight is 455 g/mol. The number of esters is 1. The van der Waals surface area contributed by atoms with Crippen LogP contribution in [0.25, 0.3) is 11.1 Å². The van der Waals surface area contributed by atoms with Gasteiger partial charge in [-0.25, -0.2) is 14.6 Å². The van der Waals surface area contributed by atoms with Gasteiger partial charge >= 0.3 is 17.8 Å². The predicted molar refractivity (Wildman–Crippen MR) is 111 cm³/mol. The summed E-state index contributed by atoms with van der Waals surface area (Å²) in [5.74, 6) is -3.68. The van der Waals surface area contributed by atoms with Gasteiger partial charge in [-0.2, -0.15) is 0 Å². The number of ether oxygens (including phenoxy) is 1. The number of rotatable bonds is 8. The fraction of sp³-hybridized carbons (Fsp3) is 0.250. The molecule has 0 saturated heterocycles. The van der Waals surface area contributed by atoms with Crippen LogP contribution in [0.5, 0.6) is 0 Å². The summed E-state index contributed by atoms with van der Waals surface area (Å²) in [6, 6.07) is 12.2. The molecule has 8 nitrogen and oxygen atoms in total. The van der Waals surface area contributed by atoms with Crippen LogP contribution in [0.1, 0.15) is 12.5 Å². The third-order valence-corrected chi connectivity index (χ3v) is 4.53. The molecular formula is C20H20Cl2N2O6. The van der Waals surface area contributed by atoms with Crippen LogP contribution < -0.4 is 5.43 Å². The van der Waals surface area contributed by atoms with Crippen molar-refractivity contribution in [2.45, 2.75) is 19.6 Å². The lowest BCUT2D eigenvalue weighted by molar-refractivity contribution is -0.158. The molecule has 0 saturated carbocycles. The van der Waals surface area contributed by atoms with Crippen LogP contribution in [0.2, 0.25) is 10.0 Å². The van der Waals surface area contributed by atoms with Gasteiger partial charge in [0.25, 0.3) is 0 Å². The first-order valence-electron chi connectivity index (χ1n) is 8.89. The Bertz CT molecular complexity index is 920. The Morgan fingerprint density at radius 2 is 1.80 bits per heavy atom. The fourth-order valence-electron chi connectivity index (χ4n) is 2.56. The molecule has 2 rings (SSSR count). The van der Waals surface area contributed by atoms with E-state index in [-0.39, 0.29) is 13.2 Å². The van der Waals surface area contributed by atoms with E-state index in [2.05, 4.69) is 10.2 Å². The van der Waals surface area contributed by atoms with Gasteiger partial charge in [0.05, 0.1) is 13.2 Å². The molecule has 0 radical (unpaired) electrons. The minimum atomic E-state index is -1.78. The number of carboxylic acids is 1. The Hall–Kier alpha value is -2.65. The fourth-order valence-corrected chi connectivity index (χ4v) is 3.00. The van der Waals surface area contributed by atoms with Crippen LogP contribution in [0, 0.1) is 0 Å². The maximum absolute atomic E-state index is 11.9. The van der Waals surface area contributed by atoms with E-state index < -0.39 is 30.5 Å². The molecule has 0 bridgehead atoms. The molecule has 30 heavy (non-hydrogen) atoms. The molecule has 2 aromatic carbocycles. The van der Waals surface area contributed by atoms with Crippen molar-refractivity contribution in [3.63, 3.8) is 0 Å². The number of nitrogens with one attached hydrogen (secondary N) is 1. The summed E-state index contributed by atoms with van der Waals surface area (Å²) in [5, 5.41) is 20.7. The van der Waals surface area contributed by atoms with E-state index in [0.29, 0.717) is 15.6 Å². The van der Waals surface area contributed by atoms with Crippen LogP contribution in [0.4, 0.5) is 0 Å². The van der Waals surface area contributed by atoms with Gasteiger partial charge in [-0.3, -0.25) is 10.2 Å². The SMILES string of the molecule is CCOC(=O)C(=O)NN(Cc1ccc(-c2ccc(Cl)cc2)c(Cl)c1)C[C@@H](O)C(=O)O. The Morgan fingerprint density at radius 1 is 1.13 bits per heavy atom. The number of carboxylic acid groups (broad SMARTS) is 1. The zero-order chi connectivity index (χ0) is 22.3. The lowest BCUT2D eigenvalue weighted by atomic mass is 10.0. The highest BCUT2D eigenvalue weighted by Crippen LogP contribution is 2.30. The number of aliphatic hydroxyl groups is 1. The summed E-state index contributed by atoms with van der Waals surface area (Å²) < 4.78 is 4.61. The number of hydrazine groups is 1. The van der Waals surface area contributed by atoms with E-state index in [1.807, 2.05) is 12.1 Å². The van der Waals surface area contributed by atoms with Crippen LogP contribution in [-0.2, 0) is 25.7 Å². The molecule has 0 unspecified atom stereocenters. The number of amides is 1. The molecule has 0 spiro atoms. The van der Waals surface area contributed by atoms with Crippen LogP contribution in [0.15, 0.2) is 42.5 Å². The van der Waals surface area contributed by atoms with Gasteiger partial charge in [0.15, 0.2) is 6.10 Å². The van der Waals surface area contributed by atoms with Crippen molar-refractivity contribution in [2.24, 2.45) is 0 Å². The van der Waals surface area contributed by atoms with E-state index >= 15 is 0 Å². The molecule has 0 aliphatic heterocycles. The zero-order valence-corrected chi connectivity index (χ0v) is 17.5. The molecule has 0 aromatic heterocycles. The lowest BCUT2D eigenvalue weighted by Crippen LogP contribution is -2.49. The molecule has 10 heteroatoms. The summed E-state index contributed by atoms with van der Waals surface area (Å²) in [6.45, 7) is 1.07. The minimum absolute atomic E-state index is 0.00573. The number of aliphatic carboxylic acids is 1. The summed E-state index contributed by atoms with van der Waals surface area (Å²) in [4.78, 5) is 34.5. The number of halogens is 2. The molecule has 1 amide bonds. The first-order valence-corrected chi connectivity index (χ1v) is 9.64. The average Bonchev–Trinajstić information content (AvgIpc) is 2.69. The highest BCUT2D eigenvalue weighted by atomic mass is 35.5. The quantitative estimate of drug-likeness (QED) is 0.318. The smallest absolute Gasteiger partial charge is 0.398 e. The van der Waals surface area contributed by atoms with Gasteiger partial charge < -0.3 is 14.9 Å². The molecule has 1 atom stereocenters. The van der Waals surface area contributed by atoms with Crippen LogP contribution in [0.3, 0.4) is 0 Å². The van der Waals surface area contributed by atoms with E-state index in [0.717, 1.165) is 16.1 Å². The van der Waals surface area contributed by atoms with E-state index in [1.54, 1.807) is 37.3 Å². The van der Waals surface area contributed by atoms with Gasteiger partial charge in [-0.05, 0) is 36.2 Å². The number of hydrogen-bond acceptors (Lipinski definition) is 6. The second kappa shape index (κ2) is 10.9. The van der Waals surface area contributed by atoms with E-state index in [1.165, 1.54) is 0 Å². The molecular weight excluding hydrogens is 435 g/mol. The number of aliphatic hydroxyl groups excluding tert-OH is 1. The highest BCUT2D eigenvalue weighted by molar-refractivity contribution is 6.33. The Morgan fingerprint density at radius 3 is 2.37 bits per heavy atom. The maximum atomic E-state index is 11.9. The van der Waals surface area contributed by atoms with Crippen molar-refractivity contribution in [1.29, 1.82) is 0 Å². The number of nitrogens with zero attached hydrogens (tertiary/aromatic N) is 1. The first-order chi connectivity index (χ1) is 14.2. The van der Waals surface area contributed by atoms with Crippen molar-refractivity contribution in [2.75, 3.05) is 13.2 Å². The van der Waals surface area contributed by atoms with Crippen LogP contribution >= 0.6 is 23.2 Å². The van der Waals surface area contributed by atoms with Crippen molar-refractivity contribution in [1.82, 2.24) is 10.4 Å². The summed E-state index contributed by atoms with van der Waals surface area (Å²) >= 11 is 12.3. The normalized spacial score (nSPS) is 11.8. The van der Waals surface area contributed by atoms with Crippen molar-refractivity contribution >= 4 is 41.0 Å². The number of benzene rings is 2. The standard InChI is InChI=1S/C20H20Cl2N2O6/c1-2-30-20(29)18(26)23-24(11-17(25)19(27)28)10-12-3-8-15(16(22)9-12)13-4-6-14(21)7-5-13/h3-9,17,25H,2,10-11H2,1H3,(H,23,26)(H,27,28)/t17-/m1/s1. The number of carbonyl (C=O) groups is 3. The van der Waals surface area contributed by atoms with Gasteiger partial charge in [-0.15, -0.1) is 0 Å². The Labute approximate surface area is 182 Å². The van der Waals surface area contributed by atoms with E-state index in [4.69, 9.17) is 28.3 Å². The summed E-state index contributed by atoms with van der Waals surface area (Å²) in [7, 11) is 0. The molecule has 0 aliphatic rings. The Kier molecular flexibility index (Phi) is 8.61. The second-order valence-electron chi connectivity index (χ2n) is 6.22. The van der Waals surface area contributed by atoms with Gasteiger partial charge in [0.1, 0.15) is 0 Å².